The van der Waals surface area contributed by atoms with E-state index in [0.717, 1.165) is 16.9 Å². The van der Waals surface area contributed by atoms with Gasteiger partial charge in [-0.2, -0.15) is 0 Å². The van der Waals surface area contributed by atoms with Gasteiger partial charge in [0, 0.05) is 18.2 Å². The van der Waals surface area contributed by atoms with E-state index in [0.29, 0.717) is 18.0 Å². The molecule has 3 heteroatoms. The van der Waals surface area contributed by atoms with E-state index in [-0.39, 0.29) is 0 Å². The Bertz CT molecular complexity index is 470. The van der Waals surface area contributed by atoms with Crippen molar-refractivity contribution in [3.05, 3.63) is 29.3 Å². The Labute approximate surface area is 128 Å². The number of aryl methyl sites for hydroxylation is 1. The van der Waals surface area contributed by atoms with Crippen molar-refractivity contribution >= 4 is 0 Å². The van der Waals surface area contributed by atoms with Crippen molar-refractivity contribution < 1.29 is 9.84 Å². The third kappa shape index (κ3) is 4.45. The molecule has 21 heavy (non-hydrogen) atoms. The van der Waals surface area contributed by atoms with E-state index in [1.165, 1.54) is 25.7 Å². The second-order valence-corrected chi connectivity index (χ2v) is 7.13. The molecule has 0 radical (unpaired) electrons. The number of rotatable bonds is 5. The minimum absolute atomic E-state index is 0.419. The van der Waals surface area contributed by atoms with Gasteiger partial charge < -0.3 is 15.2 Å². The highest BCUT2D eigenvalue weighted by Gasteiger charge is 2.28. The number of nitrogens with one attached hydrogen (secondary N) is 1. The van der Waals surface area contributed by atoms with Crippen LogP contribution in [0.2, 0.25) is 0 Å². The summed E-state index contributed by atoms with van der Waals surface area (Å²) in [4.78, 5) is 0. The van der Waals surface area contributed by atoms with Crippen LogP contribution in [0, 0.1) is 12.3 Å². The highest BCUT2D eigenvalue weighted by atomic mass is 16.5. The minimum atomic E-state index is -0.523. The summed E-state index contributed by atoms with van der Waals surface area (Å²) in [6.45, 7) is 7.29. The SMILES string of the molecule is COc1ccc(C)cc1C(O)CNC1CCCC(C)(C)C1. The summed E-state index contributed by atoms with van der Waals surface area (Å²) >= 11 is 0. The molecule has 2 N–H and O–H groups in total. The van der Waals surface area contributed by atoms with Crippen LogP contribution >= 0.6 is 0 Å². The first kappa shape index (κ1) is 16.3. The molecule has 1 fully saturated rings. The lowest BCUT2D eigenvalue weighted by Crippen LogP contribution is -2.39. The van der Waals surface area contributed by atoms with E-state index in [2.05, 4.69) is 19.2 Å². The van der Waals surface area contributed by atoms with Gasteiger partial charge in [0.15, 0.2) is 0 Å². The fourth-order valence-electron chi connectivity index (χ4n) is 3.37. The zero-order valence-electron chi connectivity index (χ0n) is 13.8. The molecule has 0 aliphatic heterocycles. The fourth-order valence-corrected chi connectivity index (χ4v) is 3.37. The normalized spacial score (nSPS) is 22.8. The predicted octanol–water partition coefficient (Wildman–Crippen LogP) is 3.60. The Morgan fingerprint density at radius 2 is 2.19 bits per heavy atom. The van der Waals surface area contributed by atoms with Gasteiger partial charge in [0.25, 0.3) is 0 Å². The largest absolute Gasteiger partial charge is 0.496 e. The van der Waals surface area contributed by atoms with Gasteiger partial charge in [0.05, 0.1) is 13.2 Å². The average Bonchev–Trinajstić information content (AvgIpc) is 2.43. The van der Waals surface area contributed by atoms with Crippen molar-refractivity contribution in [2.24, 2.45) is 5.41 Å². The number of hydrogen-bond acceptors (Lipinski definition) is 3. The zero-order chi connectivity index (χ0) is 15.5. The Kier molecular flexibility index (Phi) is 5.28. The van der Waals surface area contributed by atoms with E-state index in [4.69, 9.17) is 4.74 Å². The summed E-state index contributed by atoms with van der Waals surface area (Å²) < 4.78 is 5.36. The first-order valence-electron chi connectivity index (χ1n) is 7.97. The number of aliphatic hydroxyl groups excluding tert-OH is 1. The molecular formula is C18H29NO2. The molecule has 0 spiro atoms. The Balaban J connectivity index is 1.95. The number of methoxy groups -OCH3 is 1. The maximum atomic E-state index is 10.5. The number of benzene rings is 1. The molecular weight excluding hydrogens is 262 g/mol. The second kappa shape index (κ2) is 6.80. The number of ether oxygens (including phenoxy) is 1. The highest BCUT2D eigenvalue weighted by molar-refractivity contribution is 5.38. The lowest BCUT2D eigenvalue weighted by Gasteiger charge is -2.36. The summed E-state index contributed by atoms with van der Waals surface area (Å²) in [6.07, 6.45) is 4.45. The Morgan fingerprint density at radius 1 is 1.43 bits per heavy atom. The van der Waals surface area contributed by atoms with Crippen LogP contribution in [0.4, 0.5) is 0 Å². The van der Waals surface area contributed by atoms with Crippen LogP contribution in [0.25, 0.3) is 0 Å². The third-order valence-electron chi connectivity index (χ3n) is 4.55. The molecule has 1 aliphatic carbocycles. The molecule has 0 saturated heterocycles. The predicted molar refractivity (Wildman–Crippen MR) is 86.7 cm³/mol. The molecule has 1 saturated carbocycles. The molecule has 2 rings (SSSR count). The number of hydrogen-bond donors (Lipinski definition) is 2. The van der Waals surface area contributed by atoms with Crippen LogP contribution in [-0.2, 0) is 0 Å². The standard InChI is InChI=1S/C18H29NO2/c1-13-7-8-17(21-4)15(10-13)16(20)12-19-14-6-5-9-18(2,3)11-14/h7-8,10,14,16,19-20H,5-6,9,11-12H2,1-4H3. The van der Waals surface area contributed by atoms with E-state index >= 15 is 0 Å². The summed E-state index contributed by atoms with van der Waals surface area (Å²) in [5.41, 5.74) is 2.44. The molecule has 0 bridgehead atoms. The Morgan fingerprint density at radius 3 is 2.86 bits per heavy atom. The first-order chi connectivity index (χ1) is 9.91. The van der Waals surface area contributed by atoms with Crippen molar-refractivity contribution in [1.82, 2.24) is 5.32 Å². The van der Waals surface area contributed by atoms with Crippen LogP contribution in [0.5, 0.6) is 5.75 Å². The number of aliphatic hydroxyl groups is 1. The molecule has 118 valence electrons. The van der Waals surface area contributed by atoms with Crippen LogP contribution < -0.4 is 10.1 Å². The maximum Gasteiger partial charge on any atom is 0.124 e. The van der Waals surface area contributed by atoms with Crippen LogP contribution in [0.15, 0.2) is 18.2 Å². The van der Waals surface area contributed by atoms with Crippen LogP contribution in [-0.4, -0.2) is 24.8 Å². The maximum absolute atomic E-state index is 10.5. The molecule has 0 heterocycles. The zero-order valence-corrected chi connectivity index (χ0v) is 13.8. The van der Waals surface area contributed by atoms with Crippen LogP contribution in [0.1, 0.15) is 56.8 Å². The lowest BCUT2D eigenvalue weighted by molar-refractivity contribution is 0.145. The second-order valence-electron chi connectivity index (χ2n) is 7.13. The summed E-state index contributed by atoms with van der Waals surface area (Å²) in [5, 5.41) is 14.0. The van der Waals surface area contributed by atoms with Gasteiger partial charge in [-0.1, -0.05) is 31.9 Å². The molecule has 1 aromatic rings. The van der Waals surface area contributed by atoms with Gasteiger partial charge >= 0.3 is 0 Å². The topological polar surface area (TPSA) is 41.5 Å². The van der Waals surface area contributed by atoms with Gasteiger partial charge in [-0.25, -0.2) is 0 Å². The smallest absolute Gasteiger partial charge is 0.124 e. The van der Waals surface area contributed by atoms with E-state index < -0.39 is 6.10 Å². The van der Waals surface area contributed by atoms with Crippen molar-refractivity contribution in [3.63, 3.8) is 0 Å². The van der Waals surface area contributed by atoms with Crippen molar-refractivity contribution in [1.29, 1.82) is 0 Å². The van der Waals surface area contributed by atoms with Gasteiger partial charge in [-0.15, -0.1) is 0 Å². The molecule has 1 aromatic carbocycles. The fraction of sp³-hybridized carbons (Fsp3) is 0.667. The van der Waals surface area contributed by atoms with E-state index in [9.17, 15) is 5.11 Å². The van der Waals surface area contributed by atoms with Gasteiger partial charge in [0.2, 0.25) is 0 Å². The monoisotopic (exact) mass is 291 g/mol. The van der Waals surface area contributed by atoms with Gasteiger partial charge in [-0.05, 0) is 43.7 Å². The average molecular weight is 291 g/mol. The van der Waals surface area contributed by atoms with E-state index in [1.54, 1.807) is 7.11 Å². The van der Waals surface area contributed by atoms with Gasteiger partial charge in [-0.3, -0.25) is 0 Å². The molecule has 0 amide bonds. The summed E-state index contributed by atoms with van der Waals surface area (Å²) in [7, 11) is 1.65. The molecule has 0 aromatic heterocycles. The van der Waals surface area contributed by atoms with Gasteiger partial charge in [0.1, 0.15) is 5.75 Å². The molecule has 2 atom stereocenters. The highest BCUT2D eigenvalue weighted by Crippen LogP contribution is 2.35. The lowest BCUT2D eigenvalue weighted by atomic mass is 9.75. The third-order valence-corrected chi connectivity index (χ3v) is 4.55. The Hall–Kier alpha value is -1.06. The molecule has 2 unspecified atom stereocenters. The molecule has 1 aliphatic rings. The first-order valence-corrected chi connectivity index (χ1v) is 7.97. The van der Waals surface area contributed by atoms with Crippen molar-refractivity contribution in [2.75, 3.05) is 13.7 Å². The minimum Gasteiger partial charge on any atom is -0.496 e. The summed E-state index contributed by atoms with van der Waals surface area (Å²) in [6, 6.07) is 6.46. The van der Waals surface area contributed by atoms with Crippen molar-refractivity contribution in [3.8, 4) is 5.75 Å². The quantitative estimate of drug-likeness (QED) is 0.871. The van der Waals surface area contributed by atoms with E-state index in [1.807, 2.05) is 25.1 Å². The van der Waals surface area contributed by atoms with Crippen molar-refractivity contribution in [2.45, 2.75) is 58.6 Å². The molecule has 3 nitrogen and oxygen atoms in total. The van der Waals surface area contributed by atoms with Crippen LogP contribution in [0.3, 0.4) is 0 Å². The summed E-state index contributed by atoms with van der Waals surface area (Å²) in [5.74, 6) is 0.763.